The summed E-state index contributed by atoms with van der Waals surface area (Å²) >= 11 is 7.99. The van der Waals surface area contributed by atoms with Crippen LogP contribution >= 0.6 is 22.9 Å². The topological polar surface area (TPSA) is 17.0 Å². The molecule has 1 aromatic carbocycles. The SMILES string of the molecule is CC(NCCn1ccc2c(Cl)cccc21)c1cccs1. The molecule has 3 rings (SSSR count). The van der Waals surface area contributed by atoms with Crippen LogP contribution in [0.3, 0.4) is 0 Å². The zero-order valence-electron chi connectivity index (χ0n) is 11.3. The van der Waals surface area contributed by atoms with E-state index < -0.39 is 0 Å². The molecule has 3 aromatic rings. The van der Waals surface area contributed by atoms with Crippen LogP contribution in [0.15, 0.2) is 48.0 Å². The van der Waals surface area contributed by atoms with Gasteiger partial charge in [0.25, 0.3) is 0 Å². The fourth-order valence-electron chi connectivity index (χ4n) is 2.42. The van der Waals surface area contributed by atoms with E-state index in [4.69, 9.17) is 11.6 Å². The van der Waals surface area contributed by atoms with E-state index in [2.05, 4.69) is 52.7 Å². The van der Waals surface area contributed by atoms with Crippen molar-refractivity contribution in [2.24, 2.45) is 0 Å². The molecular formula is C16H17ClN2S. The molecule has 1 unspecified atom stereocenters. The molecule has 0 aliphatic heterocycles. The van der Waals surface area contributed by atoms with E-state index >= 15 is 0 Å². The standard InChI is InChI=1S/C16H17ClN2S/c1-12(16-6-3-11-20-16)18-8-10-19-9-7-13-14(17)4-2-5-15(13)19/h2-7,9,11-12,18H,8,10H2,1H3. The van der Waals surface area contributed by atoms with Gasteiger partial charge in [0, 0.05) is 46.1 Å². The van der Waals surface area contributed by atoms with Crippen LogP contribution in [-0.2, 0) is 6.54 Å². The normalized spacial score (nSPS) is 12.9. The van der Waals surface area contributed by atoms with Crippen LogP contribution in [0.5, 0.6) is 0 Å². The Morgan fingerprint density at radius 2 is 2.15 bits per heavy atom. The molecule has 0 bridgehead atoms. The largest absolute Gasteiger partial charge is 0.346 e. The van der Waals surface area contributed by atoms with E-state index in [1.54, 1.807) is 11.3 Å². The number of benzene rings is 1. The molecule has 4 heteroatoms. The smallest absolute Gasteiger partial charge is 0.0499 e. The van der Waals surface area contributed by atoms with Gasteiger partial charge < -0.3 is 9.88 Å². The predicted octanol–water partition coefficient (Wildman–Crippen LogP) is 4.71. The molecule has 1 atom stereocenters. The number of hydrogen-bond acceptors (Lipinski definition) is 2. The van der Waals surface area contributed by atoms with Gasteiger partial charge in [-0.2, -0.15) is 0 Å². The van der Waals surface area contributed by atoms with Gasteiger partial charge in [0.15, 0.2) is 0 Å². The van der Waals surface area contributed by atoms with Crippen molar-refractivity contribution in [3.63, 3.8) is 0 Å². The van der Waals surface area contributed by atoms with Crippen LogP contribution in [0.25, 0.3) is 10.9 Å². The van der Waals surface area contributed by atoms with Gasteiger partial charge in [-0.1, -0.05) is 23.7 Å². The van der Waals surface area contributed by atoms with E-state index in [1.165, 1.54) is 10.4 Å². The van der Waals surface area contributed by atoms with Crippen molar-refractivity contribution in [3.05, 3.63) is 57.9 Å². The van der Waals surface area contributed by atoms with Gasteiger partial charge in [-0.05, 0) is 36.6 Å². The highest BCUT2D eigenvalue weighted by atomic mass is 35.5. The van der Waals surface area contributed by atoms with Crippen molar-refractivity contribution in [3.8, 4) is 0 Å². The van der Waals surface area contributed by atoms with Crippen LogP contribution in [-0.4, -0.2) is 11.1 Å². The Morgan fingerprint density at radius 3 is 2.95 bits per heavy atom. The summed E-state index contributed by atoms with van der Waals surface area (Å²) in [5, 5.41) is 7.63. The minimum absolute atomic E-state index is 0.403. The Labute approximate surface area is 128 Å². The lowest BCUT2D eigenvalue weighted by Crippen LogP contribution is -2.22. The molecule has 0 aliphatic carbocycles. The van der Waals surface area contributed by atoms with Crippen LogP contribution in [0.2, 0.25) is 5.02 Å². The Bertz CT molecular complexity index is 688. The number of rotatable bonds is 5. The highest BCUT2D eigenvalue weighted by Gasteiger charge is 2.06. The lowest BCUT2D eigenvalue weighted by Gasteiger charge is -2.13. The van der Waals surface area contributed by atoms with Crippen LogP contribution in [0.4, 0.5) is 0 Å². The van der Waals surface area contributed by atoms with E-state index in [-0.39, 0.29) is 0 Å². The summed E-state index contributed by atoms with van der Waals surface area (Å²) in [6.45, 7) is 4.09. The van der Waals surface area contributed by atoms with E-state index in [1.807, 2.05) is 12.1 Å². The zero-order valence-corrected chi connectivity index (χ0v) is 12.9. The predicted molar refractivity (Wildman–Crippen MR) is 87.7 cm³/mol. The Morgan fingerprint density at radius 1 is 1.25 bits per heavy atom. The van der Waals surface area contributed by atoms with Gasteiger partial charge in [0.05, 0.1) is 0 Å². The Kier molecular flexibility index (Phi) is 4.10. The number of nitrogens with zero attached hydrogens (tertiary/aromatic N) is 1. The minimum atomic E-state index is 0.403. The second kappa shape index (κ2) is 6.00. The lowest BCUT2D eigenvalue weighted by atomic mass is 10.2. The molecular weight excluding hydrogens is 288 g/mol. The average molecular weight is 305 g/mol. The summed E-state index contributed by atoms with van der Waals surface area (Å²) in [7, 11) is 0. The molecule has 0 saturated carbocycles. The molecule has 0 fully saturated rings. The number of hydrogen-bond donors (Lipinski definition) is 1. The van der Waals surface area contributed by atoms with E-state index in [9.17, 15) is 0 Å². The first-order valence-corrected chi connectivity index (χ1v) is 8.01. The zero-order chi connectivity index (χ0) is 13.9. The van der Waals surface area contributed by atoms with Gasteiger partial charge in [-0.15, -0.1) is 11.3 Å². The van der Waals surface area contributed by atoms with Crippen molar-refractivity contribution in [1.82, 2.24) is 9.88 Å². The molecule has 0 saturated heterocycles. The van der Waals surface area contributed by atoms with Crippen LogP contribution in [0.1, 0.15) is 17.8 Å². The first-order valence-electron chi connectivity index (χ1n) is 6.76. The number of fused-ring (bicyclic) bond motifs is 1. The molecule has 2 nitrogen and oxygen atoms in total. The second-order valence-electron chi connectivity index (χ2n) is 4.87. The first-order chi connectivity index (χ1) is 9.75. The monoisotopic (exact) mass is 304 g/mol. The van der Waals surface area contributed by atoms with Gasteiger partial charge >= 0.3 is 0 Å². The second-order valence-corrected chi connectivity index (χ2v) is 6.26. The quantitative estimate of drug-likeness (QED) is 0.722. The average Bonchev–Trinajstić information content (AvgIpc) is 3.09. The number of halogens is 1. The molecule has 20 heavy (non-hydrogen) atoms. The maximum Gasteiger partial charge on any atom is 0.0499 e. The molecule has 104 valence electrons. The third kappa shape index (κ3) is 2.75. The fourth-order valence-corrected chi connectivity index (χ4v) is 3.41. The van der Waals surface area contributed by atoms with Gasteiger partial charge in [-0.3, -0.25) is 0 Å². The molecule has 0 amide bonds. The molecule has 2 aromatic heterocycles. The van der Waals surface area contributed by atoms with Gasteiger partial charge in [-0.25, -0.2) is 0 Å². The van der Waals surface area contributed by atoms with E-state index in [0.717, 1.165) is 23.5 Å². The number of nitrogens with one attached hydrogen (secondary N) is 1. The van der Waals surface area contributed by atoms with E-state index in [0.29, 0.717) is 6.04 Å². The van der Waals surface area contributed by atoms with Crippen molar-refractivity contribution >= 4 is 33.8 Å². The highest BCUT2D eigenvalue weighted by molar-refractivity contribution is 7.10. The van der Waals surface area contributed by atoms with Gasteiger partial charge in [0.2, 0.25) is 0 Å². The van der Waals surface area contributed by atoms with Crippen molar-refractivity contribution in [2.45, 2.75) is 19.5 Å². The summed E-state index contributed by atoms with van der Waals surface area (Å²) in [4.78, 5) is 1.38. The molecule has 0 radical (unpaired) electrons. The van der Waals surface area contributed by atoms with Gasteiger partial charge in [0.1, 0.15) is 0 Å². The highest BCUT2D eigenvalue weighted by Crippen LogP contribution is 2.24. The summed E-state index contributed by atoms with van der Waals surface area (Å²) in [6, 6.07) is 12.8. The first kappa shape index (κ1) is 13.7. The lowest BCUT2D eigenvalue weighted by molar-refractivity contribution is 0.543. The summed E-state index contributed by atoms with van der Waals surface area (Å²) in [5.74, 6) is 0. The Balaban J connectivity index is 1.64. The van der Waals surface area contributed by atoms with Crippen molar-refractivity contribution in [1.29, 1.82) is 0 Å². The fraction of sp³-hybridized carbons (Fsp3) is 0.250. The maximum absolute atomic E-state index is 6.19. The number of aromatic nitrogens is 1. The molecule has 2 heterocycles. The molecule has 0 aliphatic rings. The molecule has 1 N–H and O–H groups in total. The summed E-state index contributed by atoms with van der Waals surface area (Å²) < 4.78 is 2.25. The van der Waals surface area contributed by atoms with Crippen LogP contribution in [0, 0.1) is 0 Å². The summed E-state index contributed by atoms with van der Waals surface area (Å²) in [6.07, 6.45) is 2.11. The van der Waals surface area contributed by atoms with Crippen molar-refractivity contribution < 1.29 is 0 Å². The minimum Gasteiger partial charge on any atom is -0.346 e. The summed E-state index contributed by atoms with van der Waals surface area (Å²) in [5.41, 5.74) is 1.20. The maximum atomic E-state index is 6.19. The third-order valence-electron chi connectivity index (χ3n) is 3.53. The number of thiophene rings is 1. The van der Waals surface area contributed by atoms with Crippen molar-refractivity contribution in [2.75, 3.05) is 6.54 Å². The molecule has 0 spiro atoms. The Hall–Kier alpha value is -1.29. The third-order valence-corrected chi connectivity index (χ3v) is 4.92. The van der Waals surface area contributed by atoms with Crippen LogP contribution < -0.4 is 5.32 Å².